The van der Waals surface area contributed by atoms with E-state index in [1.165, 1.54) is 4.90 Å². The molecule has 0 heterocycles. The molecule has 0 bridgehead atoms. The molecule has 0 saturated heterocycles. The number of rotatable bonds is 9. The molecule has 2 rings (SSSR count). The highest BCUT2D eigenvalue weighted by Gasteiger charge is 2.21. The summed E-state index contributed by atoms with van der Waals surface area (Å²) in [6, 6.07) is 13.5. The Kier molecular flexibility index (Phi) is 9.13. The van der Waals surface area contributed by atoms with Gasteiger partial charge in [0.05, 0.1) is 25.0 Å². The van der Waals surface area contributed by atoms with Gasteiger partial charge in [0.1, 0.15) is 0 Å². The first-order valence-electron chi connectivity index (χ1n) is 9.20. The fourth-order valence-corrected chi connectivity index (χ4v) is 3.08. The van der Waals surface area contributed by atoms with Crippen LogP contribution in [0.4, 0.5) is 10.5 Å². The van der Waals surface area contributed by atoms with Crippen molar-refractivity contribution in [3.05, 3.63) is 64.1 Å². The summed E-state index contributed by atoms with van der Waals surface area (Å²) in [5.74, 6) is -1.23. The number of halogens is 2. The van der Waals surface area contributed by atoms with Crippen molar-refractivity contribution in [2.45, 2.75) is 18.9 Å². The quantitative estimate of drug-likeness (QED) is 0.550. The summed E-state index contributed by atoms with van der Waals surface area (Å²) in [7, 11) is 0. The summed E-state index contributed by atoms with van der Waals surface area (Å²) in [5.41, 5.74) is 6.28. The number of carbonyl (C=O) groups excluding carboxylic acids is 3. The second kappa shape index (κ2) is 11.8. The van der Waals surface area contributed by atoms with Gasteiger partial charge in [-0.05, 0) is 35.9 Å². The minimum Gasteiger partial charge on any atom is -0.455 e. The number of nitrogens with two attached hydrogens (primary N) is 1. The summed E-state index contributed by atoms with van der Waals surface area (Å²) in [6.07, 6.45) is -0.152. The highest BCUT2D eigenvalue weighted by molar-refractivity contribution is 6.31. The van der Waals surface area contributed by atoms with E-state index >= 15 is 0 Å². The average molecular weight is 463 g/mol. The van der Waals surface area contributed by atoms with E-state index in [2.05, 4.69) is 5.32 Å². The molecule has 3 N–H and O–H groups in total. The summed E-state index contributed by atoms with van der Waals surface area (Å²) in [6.45, 7) is -0.426. The number of primary amides is 1. The van der Waals surface area contributed by atoms with Crippen molar-refractivity contribution in [1.29, 1.82) is 5.26 Å². The number of nitrogens with zero attached hydrogens (tertiary/aromatic N) is 2. The first-order chi connectivity index (χ1) is 14.8. The number of carbonyl (C=O) groups is 3. The molecular formula is C21H20Cl2N4O4. The van der Waals surface area contributed by atoms with Crippen LogP contribution in [-0.2, 0) is 14.3 Å². The Hall–Kier alpha value is -3.28. The van der Waals surface area contributed by atoms with Gasteiger partial charge < -0.3 is 20.7 Å². The Morgan fingerprint density at radius 1 is 1.13 bits per heavy atom. The van der Waals surface area contributed by atoms with Crippen molar-refractivity contribution < 1.29 is 19.1 Å². The maximum absolute atomic E-state index is 12.6. The van der Waals surface area contributed by atoms with Crippen LogP contribution in [0.15, 0.2) is 48.5 Å². The molecule has 2 aromatic rings. The first kappa shape index (κ1) is 24.0. The van der Waals surface area contributed by atoms with Crippen LogP contribution in [0.2, 0.25) is 10.0 Å². The number of nitrogens with one attached hydrogen (secondary N) is 1. The van der Waals surface area contributed by atoms with Crippen LogP contribution in [0.5, 0.6) is 0 Å². The van der Waals surface area contributed by atoms with E-state index in [1.54, 1.807) is 48.5 Å². The van der Waals surface area contributed by atoms with Crippen molar-refractivity contribution in [2.24, 2.45) is 5.73 Å². The first-order valence-corrected chi connectivity index (χ1v) is 9.95. The fraction of sp³-hybridized carbons (Fsp3) is 0.238. The molecule has 0 fully saturated rings. The highest BCUT2D eigenvalue weighted by atomic mass is 35.5. The molecule has 0 saturated carbocycles. The van der Waals surface area contributed by atoms with Gasteiger partial charge in [0, 0.05) is 22.3 Å². The predicted molar refractivity (Wildman–Crippen MR) is 117 cm³/mol. The van der Waals surface area contributed by atoms with Crippen LogP contribution >= 0.6 is 23.2 Å². The summed E-state index contributed by atoms with van der Waals surface area (Å²) < 4.78 is 5.11. The van der Waals surface area contributed by atoms with E-state index in [-0.39, 0.29) is 19.4 Å². The van der Waals surface area contributed by atoms with Crippen LogP contribution in [0.3, 0.4) is 0 Å². The Labute approximate surface area is 189 Å². The largest absolute Gasteiger partial charge is 0.455 e. The number of benzene rings is 2. The minimum absolute atomic E-state index is 0.0906. The molecule has 10 heteroatoms. The maximum Gasteiger partial charge on any atom is 0.312 e. The lowest BCUT2D eigenvalue weighted by Gasteiger charge is -2.22. The number of anilines is 1. The van der Waals surface area contributed by atoms with Gasteiger partial charge in [0.25, 0.3) is 5.91 Å². The van der Waals surface area contributed by atoms with E-state index < -0.39 is 30.6 Å². The second-order valence-electron chi connectivity index (χ2n) is 6.41. The molecule has 162 valence electrons. The Morgan fingerprint density at radius 2 is 1.84 bits per heavy atom. The lowest BCUT2D eigenvalue weighted by Crippen LogP contribution is -2.37. The third kappa shape index (κ3) is 7.81. The van der Waals surface area contributed by atoms with Gasteiger partial charge in [-0.15, -0.1) is 0 Å². The van der Waals surface area contributed by atoms with Crippen molar-refractivity contribution in [2.75, 3.05) is 18.1 Å². The Bertz CT molecular complexity index is 976. The zero-order chi connectivity index (χ0) is 22.8. The fourth-order valence-electron chi connectivity index (χ4n) is 2.77. The third-order valence-electron chi connectivity index (χ3n) is 4.18. The van der Waals surface area contributed by atoms with Gasteiger partial charge in [0.2, 0.25) is 0 Å². The molecule has 8 nitrogen and oxygen atoms in total. The molecule has 0 aliphatic heterocycles. The van der Waals surface area contributed by atoms with Crippen molar-refractivity contribution >= 4 is 46.8 Å². The second-order valence-corrected chi connectivity index (χ2v) is 7.28. The number of nitriles is 1. The van der Waals surface area contributed by atoms with Crippen LogP contribution in [0, 0.1) is 11.3 Å². The highest BCUT2D eigenvalue weighted by Crippen LogP contribution is 2.21. The Morgan fingerprint density at radius 3 is 2.45 bits per heavy atom. The number of ether oxygens (including phenoxy) is 1. The van der Waals surface area contributed by atoms with Crippen molar-refractivity contribution in [3.8, 4) is 6.07 Å². The molecule has 0 aromatic heterocycles. The third-order valence-corrected chi connectivity index (χ3v) is 4.67. The van der Waals surface area contributed by atoms with Crippen molar-refractivity contribution in [1.82, 2.24) is 5.32 Å². The SMILES string of the molecule is N#CCCN(C(=O)COC(=O)CC(NC(N)=O)c1ccc(Cl)cc1)c1cccc(Cl)c1. The molecule has 0 spiro atoms. The summed E-state index contributed by atoms with van der Waals surface area (Å²) >= 11 is 11.8. The van der Waals surface area contributed by atoms with Gasteiger partial charge >= 0.3 is 12.0 Å². The van der Waals surface area contributed by atoms with Gasteiger partial charge in [0.15, 0.2) is 6.61 Å². The molecule has 2 aromatic carbocycles. The Balaban J connectivity index is 2.03. The normalized spacial score (nSPS) is 11.1. The van der Waals surface area contributed by atoms with Crippen LogP contribution in [0.1, 0.15) is 24.4 Å². The molecule has 1 unspecified atom stereocenters. The van der Waals surface area contributed by atoms with E-state index in [0.29, 0.717) is 21.3 Å². The number of hydrogen-bond acceptors (Lipinski definition) is 5. The number of esters is 1. The number of amides is 3. The molecule has 3 amide bonds. The van der Waals surface area contributed by atoms with Gasteiger partial charge in [-0.1, -0.05) is 41.4 Å². The van der Waals surface area contributed by atoms with E-state index in [0.717, 1.165) is 0 Å². The smallest absolute Gasteiger partial charge is 0.312 e. The maximum atomic E-state index is 12.6. The van der Waals surface area contributed by atoms with Crippen LogP contribution in [-0.4, -0.2) is 31.1 Å². The topological polar surface area (TPSA) is 126 Å². The van der Waals surface area contributed by atoms with E-state index in [9.17, 15) is 14.4 Å². The van der Waals surface area contributed by atoms with Crippen molar-refractivity contribution in [3.63, 3.8) is 0 Å². The van der Waals surface area contributed by atoms with E-state index in [1.807, 2.05) is 6.07 Å². The van der Waals surface area contributed by atoms with Gasteiger partial charge in [-0.3, -0.25) is 9.59 Å². The minimum atomic E-state index is -0.813. The number of urea groups is 1. The van der Waals surface area contributed by atoms with Crippen LogP contribution < -0.4 is 16.0 Å². The zero-order valence-corrected chi connectivity index (χ0v) is 17.9. The lowest BCUT2D eigenvalue weighted by molar-refractivity contribution is -0.148. The molecule has 0 aliphatic rings. The van der Waals surface area contributed by atoms with Crippen LogP contribution in [0.25, 0.3) is 0 Å². The molecular weight excluding hydrogens is 443 g/mol. The van der Waals surface area contributed by atoms with Gasteiger partial charge in [-0.25, -0.2) is 4.79 Å². The molecule has 1 atom stereocenters. The monoisotopic (exact) mass is 462 g/mol. The lowest BCUT2D eigenvalue weighted by atomic mass is 10.0. The van der Waals surface area contributed by atoms with E-state index in [4.69, 9.17) is 38.9 Å². The summed E-state index contributed by atoms with van der Waals surface area (Å²) in [5, 5.41) is 12.2. The molecule has 31 heavy (non-hydrogen) atoms. The summed E-state index contributed by atoms with van der Waals surface area (Å²) in [4.78, 5) is 37.6. The zero-order valence-electron chi connectivity index (χ0n) is 16.4. The number of hydrogen-bond donors (Lipinski definition) is 2. The average Bonchev–Trinajstić information content (AvgIpc) is 2.72. The standard InChI is InChI=1S/C21H20Cl2N4O4/c22-15-7-5-14(6-8-15)18(26-21(25)30)12-20(29)31-13-19(28)27(10-2-9-24)17-4-1-3-16(23)11-17/h1,3-8,11,18H,2,10,12-13H2,(H3,25,26,30). The van der Waals surface area contributed by atoms with Gasteiger partial charge in [-0.2, -0.15) is 5.26 Å². The predicted octanol–water partition coefficient (Wildman–Crippen LogP) is 3.58. The molecule has 0 radical (unpaired) electrons. The molecule has 0 aliphatic carbocycles.